The van der Waals surface area contributed by atoms with Gasteiger partial charge in [0, 0.05) is 18.6 Å². The van der Waals surface area contributed by atoms with E-state index in [1.807, 2.05) is 72.8 Å². The van der Waals surface area contributed by atoms with Gasteiger partial charge in [-0.3, -0.25) is 4.98 Å². The topological polar surface area (TPSA) is 42.7 Å². The number of nitrogens with zero attached hydrogens (tertiary/aromatic N) is 3. The Hall–Kier alpha value is -2.46. The van der Waals surface area contributed by atoms with E-state index >= 15 is 0 Å². The lowest BCUT2D eigenvalue weighted by Gasteiger charge is -2.16. The molecule has 3 rings (SSSR count). The highest BCUT2D eigenvalue weighted by atomic mass is 15.3. The van der Waals surface area contributed by atoms with Crippen molar-refractivity contribution >= 4 is 0 Å². The maximum absolute atomic E-state index is 4.70. The van der Waals surface area contributed by atoms with Crippen molar-refractivity contribution in [2.24, 2.45) is 0 Å². The van der Waals surface area contributed by atoms with Crippen molar-refractivity contribution < 1.29 is 0 Å². The third kappa shape index (κ3) is 2.71. The number of rotatable bonds is 4. The summed E-state index contributed by atoms with van der Waals surface area (Å²) in [6.45, 7) is 2.09. The van der Waals surface area contributed by atoms with Gasteiger partial charge in [-0.25, -0.2) is 4.68 Å². The highest BCUT2D eigenvalue weighted by molar-refractivity contribution is 5.34. The van der Waals surface area contributed by atoms with Gasteiger partial charge in [0.15, 0.2) is 0 Å². The Balaban J connectivity index is 1.96. The molecular formula is C17H18N4. The number of hydrogen-bond donors (Lipinski definition) is 1. The first-order valence-electron chi connectivity index (χ1n) is 6.98. The van der Waals surface area contributed by atoms with Crippen LogP contribution in [0.4, 0.5) is 0 Å². The lowest BCUT2D eigenvalue weighted by Crippen LogP contribution is -2.19. The summed E-state index contributed by atoms with van der Waals surface area (Å²) in [5.74, 6) is 0. The summed E-state index contributed by atoms with van der Waals surface area (Å²) < 4.78 is 1.89. The molecule has 0 spiro atoms. The zero-order chi connectivity index (χ0) is 14.7. The van der Waals surface area contributed by atoms with Gasteiger partial charge >= 0.3 is 0 Å². The van der Waals surface area contributed by atoms with Crippen LogP contribution in [0.2, 0.25) is 0 Å². The molecule has 4 nitrogen and oxygen atoms in total. The first-order valence-corrected chi connectivity index (χ1v) is 6.98. The lowest BCUT2D eigenvalue weighted by molar-refractivity contribution is 0.651. The van der Waals surface area contributed by atoms with Gasteiger partial charge in [-0.2, -0.15) is 5.10 Å². The number of pyridine rings is 1. The van der Waals surface area contributed by atoms with E-state index in [0.717, 1.165) is 16.9 Å². The lowest BCUT2D eigenvalue weighted by atomic mass is 10.0. The molecule has 106 valence electrons. The third-order valence-corrected chi connectivity index (χ3v) is 3.61. The molecule has 0 aliphatic rings. The van der Waals surface area contributed by atoms with Crippen LogP contribution in [0.15, 0.2) is 61.1 Å². The first-order chi connectivity index (χ1) is 10.3. The van der Waals surface area contributed by atoms with Gasteiger partial charge in [-0.1, -0.05) is 18.2 Å². The van der Waals surface area contributed by atoms with Gasteiger partial charge in [0.2, 0.25) is 0 Å². The van der Waals surface area contributed by atoms with E-state index in [1.165, 1.54) is 5.56 Å². The zero-order valence-corrected chi connectivity index (χ0v) is 12.2. The minimum atomic E-state index is 0.0451. The SMILES string of the molecule is CNC(c1ccn(-c2ccccc2)n1)c1cnccc1C. The largest absolute Gasteiger partial charge is 0.308 e. The Labute approximate surface area is 124 Å². The first kappa shape index (κ1) is 13.5. The molecule has 0 aliphatic carbocycles. The average molecular weight is 278 g/mol. The van der Waals surface area contributed by atoms with Gasteiger partial charge in [-0.05, 0) is 49.4 Å². The zero-order valence-electron chi connectivity index (χ0n) is 12.2. The van der Waals surface area contributed by atoms with Crippen LogP contribution in [0.3, 0.4) is 0 Å². The molecule has 0 fully saturated rings. The molecule has 0 bridgehead atoms. The maximum Gasteiger partial charge on any atom is 0.0844 e. The molecular weight excluding hydrogens is 260 g/mol. The van der Waals surface area contributed by atoms with Crippen molar-refractivity contribution in [3.63, 3.8) is 0 Å². The minimum Gasteiger partial charge on any atom is -0.308 e. The summed E-state index contributed by atoms with van der Waals surface area (Å²) in [7, 11) is 1.94. The van der Waals surface area contributed by atoms with Gasteiger partial charge in [-0.15, -0.1) is 0 Å². The molecule has 1 N–H and O–H groups in total. The summed E-state index contributed by atoms with van der Waals surface area (Å²) in [4.78, 5) is 4.23. The molecule has 0 saturated carbocycles. The second-order valence-corrected chi connectivity index (χ2v) is 4.97. The van der Waals surface area contributed by atoms with Gasteiger partial charge in [0.25, 0.3) is 0 Å². The summed E-state index contributed by atoms with van der Waals surface area (Å²) in [5.41, 5.74) is 4.40. The van der Waals surface area contributed by atoms with E-state index in [-0.39, 0.29) is 6.04 Å². The molecule has 2 aromatic heterocycles. The Morgan fingerprint density at radius 3 is 2.62 bits per heavy atom. The van der Waals surface area contributed by atoms with E-state index in [1.54, 1.807) is 0 Å². The van der Waals surface area contributed by atoms with Gasteiger partial charge in [0.1, 0.15) is 0 Å². The van der Waals surface area contributed by atoms with Crippen LogP contribution in [0.5, 0.6) is 0 Å². The predicted octanol–water partition coefficient (Wildman–Crippen LogP) is 2.88. The summed E-state index contributed by atoms with van der Waals surface area (Å²) in [5, 5.41) is 8.02. The number of aryl methyl sites for hydroxylation is 1. The fourth-order valence-corrected chi connectivity index (χ4v) is 2.46. The van der Waals surface area contributed by atoms with Crippen LogP contribution in [0, 0.1) is 6.92 Å². The molecule has 3 aromatic rings. The van der Waals surface area contributed by atoms with E-state index in [9.17, 15) is 0 Å². The number of benzene rings is 1. The number of para-hydroxylation sites is 1. The molecule has 1 atom stereocenters. The van der Waals surface area contributed by atoms with Crippen molar-refractivity contribution in [3.8, 4) is 5.69 Å². The molecule has 1 unspecified atom stereocenters. The Morgan fingerprint density at radius 2 is 1.90 bits per heavy atom. The van der Waals surface area contributed by atoms with Crippen molar-refractivity contribution in [2.75, 3.05) is 7.05 Å². The number of hydrogen-bond acceptors (Lipinski definition) is 3. The van der Waals surface area contributed by atoms with E-state index in [0.29, 0.717) is 0 Å². The molecule has 4 heteroatoms. The van der Waals surface area contributed by atoms with Crippen molar-refractivity contribution in [2.45, 2.75) is 13.0 Å². The highest BCUT2D eigenvalue weighted by Crippen LogP contribution is 2.23. The Morgan fingerprint density at radius 1 is 1.10 bits per heavy atom. The van der Waals surface area contributed by atoms with E-state index < -0.39 is 0 Å². The predicted molar refractivity (Wildman–Crippen MR) is 83.4 cm³/mol. The second kappa shape index (κ2) is 5.89. The van der Waals surface area contributed by atoms with E-state index in [2.05, 4.69) is 17.2 Å². The van der Waals surface area contributed by atoms with Crippen LogP contribution < -0.4 is 5.32 Å². The molecule has 1 aromatic carbocycles. The van der Waals surface area contributed by atoms with Crippen LogP contribution in [0.1, 0.15) is 22.9 Å². The summed E-state index contributed by atoms with van der Waals surface area (Å²) in [6, 6.07) is 14.2. The molecule has 0 amide bonds. The fourth-order valence-electron chi connectivity index (χ4n) is 2.46. The van der Waals surface area contributed by atoms with Gasteiger partial charge in [0.05, 0.1) is 17.4 Å². The molecule has 0 saturated heterocycles. The third-order valence-electron chi connectivity index (χ3n) is 3.61. The fraction of sp³-hybridized carbons (Fsp3) is 0.176. The van der Waals surface area contributed by atoms with Gasteiger partial charge < -0.3 is 5.32 Å². The molecule has 2 heterocycles. The molecule has 0 aliphatic heterocycles. The quantitative estimate of drug-likeness (QED) is 0.798. The second-order valence-electron chi connectivity index (χ2n) is 4.97. The van der Waals surface area contributed by atoms with Crippen molar-refractivity contribution in [3.05, 3.63) is 77.9 Å². The standard InChI is InChI=1S/C17H18N4/c1-13-8-10-19-12-15(13)17(18-2)16-9-11-21(20-16)14-6-4-3-5-7-14/h3-12,17-18H,1-2H3. The molecule has 0 radical (unpaired) electrons. The van der Waals surface area contributed by atoms with Crippen molar-refractivity contribution in [1.82, 2.24) is 20.1 Å². The normalized spacial score (nSPS) is 12.3. The average Bonchev–Trinajstić information content (AvgIpc) is 3.00. The smallest absolute Gasteiger partial charge is 0.0844 e. The summed E-state index contributed by atoms with van der Waals surface area (Å²) in [6.07, 6.45) is 5.70. The number of aromatic nitrogens is 3. The maximum atomic E-state index is 4.70. The van der Waals surface area contributed by atoms with Crippen molar-refractivity contribution in [1.29, 1.82) is 0 Å². The van der Waals surface area contributed by atoms with Crippen LogP contribution >= 0.6 is 0 Å². The Kier molecular flexibility index (Phi) is 3.79. The van der Waals surface area contributed by atoms with Crippen LogP contribution in [-0.2, 0) is 0 Å². The summed E-state index contributed by atoms with van der Waals surface area (Å²) >= 11 is 0. The monoisotopic (exact) mass is 278 g/mol. The Bertz CT molecular complexity index is 718. The van der Waals surface area contributed by atoms with Crippen LogP contribution in [0.25, 0.3) is 5.69 Å². The highest BCUT2D eigenvalue weighted by Gasteiger charge is 2.17. The number of nitrogens with one attached hydrogen (secondary N) is 1. The van der Waals surface area contributed by atoms with Crippen LogP contribution in [-0.4, -0.2) is 21.8 Å². The molecule has 21 heavy (non-hydrogen) atoms. The minimum absolute atomic E-state index is 0.0451. The van der Waals surface area contributed by atoms with E-state index in [4.69, 9.17) is 5.10 Å².